The molecule has 3 rings (SSSR count). The Hall–Kier alpha value is -2.62. The monoisotopic (exact) mass is 266 g/mol. The third-order valence-electron chi connectivity index (χ3n) is 3.28. The van der Waals surface area contributed by atoms with Crippen molar-refractivity contribution in [2.45, 2.75) is 6.92 Å². The summed E-state index contributed by atoms with van der Waals surface area (Å²) in [6, 6.07) is 15.2. The smallest absolute Gasteiger partial charge is 0.280 e. The van der Waals surface area contributed by atoms with Crippen molar-refractivity contribution >= 4 is 10.9 Å². The van der Waals surface area contributed by atoms with Crippen LogP contribution >= 0.6 is 0 Å². The molecule has 2 aromatic carbocycles. The summed E-state index contributed by atoms with van der Waals surface area (Å²) in [5.41, 5.74) is 1.55. The van der Waals surface area contributed by atoms with Gasteiger partial charge in [0.25, 0.3) is 5.56 Å². The van der Waals surface area contributed by atoms with Gasteiger partial charge in [0.05, 0.1) is 18.0 Å². The molecule has 0 radical (unpaired) electrons. The average Bonchev–Trinajstić information content (AvgIpc) is 2.47. The SMILES string of the molecule is COc1ccc2c(=O)nc(C)n(-c3ccccc3)c2c1. The van der Waals surface area contributed by atoms with Crippen molar-refractivity contribution < 1.29 is 4.74 Å². The van der Waals surface area contributed by atoms with Crippen LogP contribution in [0.15, 0.2) is 53.3 Å². The van der Waals surface area contributed by atoms with Gasteiger partial charge < -0.3 is 4.74 Å². The van der Waals surface area contributed by atoms with Crippen molar-refractivity contribution in [3.05, 3.63) is 64.7 Å². The predicted molar refractivity (Wildman–Crippen MR) is 78.6 cm³/mol. The van der Waals surface area contributed by atoms with E-state index in [0.29, 0.717) is 17.0 Å². The Morgan fingerprint density at radius 2 is 1.85 bits per heavy atom. The van der Waals surface area contributed by atoms with Gasteiger partial charge in [-0.1, -0.05) is 18.2 Å². The summed E-state index contributed by atoms with van der Waals surface area (Å²) in [4.78, 5) is 16.1. The van der Waals surface area contributed by atoms with Crippen LogP contribution in [0.4, 0.5) is 0 Å². The van der Waals surface area contributed by atoms with Gasteiger partial charge in [-0.15, -0.1) is 0 Å². The number of ether oxygens (including phenoxy) is 1. The highest BCUT2D eigenvalue weighted by Crippen LogP contribution is 2.22. The Bertz CT molecular complexity index is 823. The summed E-state index contributed by atoms with van der Waals surface area (Å²) in [6.07, 6.45) is 0. The molecule has 0 atom stereocenters. The molecule has 0 unspecified atom stereocenters. The van der Waals surface area contributed by atoms with Crippen molar-refractivity contribution in [1.82, 2.24) is 9.55 Å². The maximum Gasteiger partial charge on any atom is 0.280 e. The lowest BCUT2D eigenvalue weighted by Gasteiger charge is -2.14. The van der Waals surface area contributed by atoms with Crippen LogP contribution in [0.5, 0.6) is 5.75 Å². The molecule has 100 valence electrons. The molecule has 3 aromatic rings. The number of hydrogen-bond acceptors (Lipinski definition) is 3. The minimum absolute atomic E-state index is 0.215. The Balaban J connectivity index is 2.44. The van der Waals surface area contributed by atoms with Crippen LogP contribution in [-0.2, 0) is 0 Å². The van der Waals surface area contributed by atoms with Crippen LogP contribution in [0.25, 0.3) is 16.6 Å². The van der Waals surface area contributed by atoms with Gasteiger partial charge in [0.15, 0.2) is 0 Å². The number of aryl methyl sites for hydroxylation is 1. The number of rotatable bonds is 2. The molecule has 0 saturated heterocycles. The Morgan fingerprint density at radius 1 is 1.10 bits per heavy atom. The van der Waals surface area contributed by atoms with Gasteiger partial charge >= 0.3 is 0 Å². The molecule has 0 N–H and O–H groups in total. The Labute approximate surface area is 116 Å². The molecule has 1 aromatic heterocycles. The third kappa shape index (κ3) is 1.95. The largest absolute Gasteiger partial charge is 0.497 e. The fraction of sp³-hybridized carbons (Fsp3) is 0.125. The fourth-order valence-electron chi connectivity index (χ4n) is 2.34. The molecule has 4 heteroatoms. The van der Waals surface area contributed by atoms with Gasteiger partial charge in [0, 0.05) is 11.8 Å². The Morgan fingerprint density at radius 3 is 2.55 bits per heavy atom. The summed E-state index contributed by atoms with van der Waals surface area (Å²) >= 11 is 0. The first-order valence-electron chi connectivity index (χ1n) is 6.33. The van der Waals surface area contributed by atoms with E-state index in [1.54, 1.807) is 19.2 Å². The van der Waals surface area contributed by atoms with Gasteiger partial charge in [0.2, 0.25) is 0 Å². The van der Waals surface area contributed by atoms with E-state index in [-0.39, 0.29) is 5.56 Å². The van der Waals surface area contributed by atoms with Gasteiger partial charge in [-0.2, -0.15) is 4.98 Å². The molecule has 20 heavy (non-hydrogen) atoms. The van der Waals surface area contributed by atoms with Crippen molar-refractivity contribution in [1.29, 1.82) is 0 Å². The number of benzene rings is 2. The van der Waals surface area contributed by atoms with Crippen LogP contribution < -0.4 is 10.3 Å². The molecule has 0 spiro atoms. The van der Waals surface area contributed by atoms with Crippen molar-refractivity contribution in [2.24, 2.45) is 0 Å². The van der Waals surface area contributed by atoms with E-state index in [2.05, 4.69) is 4.98 Å². The van der Waals surface area contributed by atoms with Crippen molar-refractivity contribution in [3.8, 4) is 11.4 Å². The van der Waals surface area contributed by atoms with Gasteiger partial charge in [-0.25, -0.2) is 0 Å². The molecule has 0 fully saturated rings. The van der Waals surface area contributed by atoms with E-state index in [9.17, 15) is 4.79 Å². The van der Waals surface area contributed by atoms with Gasteiger partial charge in [-0.05, 0) is 31.2 Å². The molecule has 0 aliphatic carbocycles. The summed E-state index contributed by atoms with van der Waals surface area (Å²) < 4.78 is 7.21. The number of para-hydroxylation sites is 1. The Kier molecular flexibility index (Phi) is 2.99. The molecule has 0 saturated carbocycles. The lowest BCUT2D eigenvalue weighted by molar-refractivity contribution is 0.415. The first-order chi connectivity index (χ1) is 9.70. The average molecular weight is 266 g/mol. The lowest BCUT2D eigenvalue weighted by atomic mass is 10.2. The summed E-state index contributed by atoms with van der Waals surface area (Å²) in [7, 11) is 1.61. The zero-order valence-corrected chi connectivity index (χ0v) is 11.3. The van der Waals surface area contributed by atoms with Crippen LogP contribution in [-0.4, -0.2) is 16.7 Å². The lowest BCUT2D eigenvalue weighted by Crippen LogP contribution is -2.15. The highest BCUT2D eigenvalue weighted by molar-refractivity contribution is 5.81. The number of nitrogens with zero attached hydrogens (tertiary/aromatic N) is 2. The van der Waals surface area contributed by atoms with Crippen molar-refractivity contribution in [3.63, 3.8) is 0 Å². The molecule has 0 amide bonds. The number of methoxy groups -OCH3 is 1. The second-order valence-corrected chi connectivity index (χ2v) is 4.52. The van der Waals surface area contributed by atoms with E-state index < -0.39 is 0 Å². The van der Waals surface area contributed by atoms with E-state index in [0.717, 1.165) is 11.2 Å². The normalized spacial score (nSPS) is 10.7. The zero-order chi connectivity index (χ0) is 14.1. The molecule has 0 aliphatic rings. The molecule has 0 bridgehead atoms. The molecular formula is C16H14N2O2. The second-order valence-electron chi connectivity index (χ2n) is 4.52. The van der Waals surface area contributed by atoms with Crippen molar-refractivity contribution in [2.75, 3.05) is 7.11 Å². The van der Waals surface area contributed by atoms with E-state index in [4.69, 9.17) is 4.74 Å². The van der Waals surface area contributed by atoms with Crippen LogP contribution in [0, 0.1) is 6.92 Å². The highest BCUT2D eigenvalue weighted by Gasteiger charge is 2.10. The van der Waals surface area contributed by atoms with E-state index in [1.807, 2.05) is 47.9 Å². The maximum absolute atomic E-state index is 12.0. The summed E-state index contributed by atoms with van der Waals surface area (Å²) in [5.74, 6) is 1.37. The minimum atomic E-state index is -0.215. The molecular weight excluding hydrogens is 252 g/mol. The number of fused-ring (bicyclic) bond motifs is 1. The van der Waals surface area contributed by atoms with E-state index in [1.165, 1.54) is 0 Å². The summed E-state index contributed by atoms with van der Waals surface area (Å²) in [5, 5.41) is 0.584. The first kappa shape index (κ1) is 12.4. The van der Waals surface area contributed by atoms with Gasteiger partial charge in [0.1, 0.15) is 11.6 Å². The molecule has 4 nitrogen and oxygen atoms in total. The maximum atomic E-state index is 12.0. The molecule has 0 aliphatic heterocycles. The second kappa shape index (κ2) is 4.81. The highest BCUT2D eigenvalue weighted by atomic mass is 16.5. The van der Waals surface area contributed by atoms with Gasteiger partial charge in [-0.3, -0.25) is 9.36 Å². The third-order valence-corrected chi connectivity index (χ3v) is 3.28. The van der Waals surface area contributed by atoms with Crippen LogP contribution in [0.3, 0.4) is 0 Å². The topological polar surface area (TPSA) is 44.1 Å². The number of aromatic nitrogens is 2. The summed E-state index contributed by atoms with van der Waals surface area (Å²) in [6.45, 7) is 1.83. The minimum Gasteiger partial charge on any atom is -0.497 e. The van der Waals surface area contributed by atoms with Crippen LogP contribution in [0.1, 0.15) is 5.82 Å². The number of hydrogen-bond donors (Lipinski definition) is 0. The standard InChI is InChI=1S/C16H14N2O2/c1-11-17-16(19)14-9-8-13(20-2)10-15(14)18(11)12-6-4-3-5-7-12/h3-10H,1-2H3. The predicted octanol–water partition coefficient (Wildman–Crippen LogP) is 2.70. The zero-order valence-electron chi connectivity index (χ0n) is 11.3. The van der Waals surface area contributed by atoms with E-state index >= 15 is 0 Å². The quantitative estimate of drug-likeness (QED) is 0.716. The fourth-order valence-corrected chi connectivity index (χ4v) is 2.34. The van der Waals surface area contributed by atoms with Crippen LogP contribution in [0.2, 0.25) is 0 Å². The molecule has 1 heterocycles. The first-order valence-corrected chi connectivity index (χ1v) is 6.33.